The fourth-order valence-corrected chi connectivity index (χ4v) is 3.18. The standard InChI is InChI=1S/C21H19N3O/c1-3-23(18-12-11-16-8-4-5-9-17(16)13-18)21(25)19-14-24-15(2)7-6-10-20(24)22-19/h4-14H,3H2,1-2H3. The summed E-state index contributed by atoms with van der Waals surface area (Å²) in [6, 6.07) is 20.1. The number of hydrogen-bond acceptors (Lipinski definition) is 2. The second kappa shape index (κ2) is 6.06. The van der Waals surface area contributed by atoms with Gasteiger partial charge < -0.3 is 9.30 Å². The first-order chi connectivity index (χ1) is 12.2. The Morgan fingerprint density at radius 1 is 1.04 bits per heavy atom. The maximum absolute atomic E-state index is 13.0. The second-order valence-electron chi connectivity index (χ2n) is 6.10. The molecular formula is C21H19N3O. The van der Waals surface area contributed by atoms with Crippen LogP contribution in [0.15, 0.2) is 66.9 Å². The highest BCUT2D eigenvalue weighted by Gasteiger charge is 2.19. The Kier molecular flexibility index (Phi) is 3.73. The summed E-state index contributed by atoms with van der Waals surface area (Å²) in [5.41, 5.74) is 3.19. The van der Waals surface area contributed by atoms with Gasteiger partial charge in [-0.1, -0.05) is 36.4 Å². The monoisotopic (exact) mass is 329 g/mol. The Balaban J connectivity index is 1.75. The number of pyridine rings is 1. The van der Waals surface area contributed by atoms with Gasteiger partial charge in [0, 0.05) is 24.1 Å². The van der Waals surface area contributed by atoms with Crippen LogP contribution in [0.2, 0.25) is 0 Å². The lowest BCUT2D eigenvalue weighted by Crippen LogP contribution is -2.30. The lowest BCUT2D eigenvalue weighted by Gasteiger charge is -2.20. The van der Waals surface area contributed by atoms with Crippen molar-refractivity contribution in [3.8, 4) is 0 Å². The predicted molar refractivity (Wildman–Crippen MR) is 101 cm³/mol. The molecule has 4 aromatic rings. The molecule has 2 aromatic heterocycles. The molecule has 2 heterocycles. The van der Waals surface area contributed by atoms with E-state index in [-0.39, 0.29) is 5.91 Å². The van der Waals surface area contributed by atoms with Crippen molar-refractivity contribution >= 4 is 28.0 Å². The van der Waals surface area contributed by atoms with Gasteiger partial charge in [0.15, 0.2) is 0 Å². The summed E-state index contributed by atoms with van der Waals surface area (Å²) < 4.78 is 1.95. The number of benzene rings is 2. The van der Waals surface area contributed by atoms with E-state index in [4.69, 9.17) is 0 Å². The molecule has 0 aliphatic rings. The summed E-state index contributed by atoms with van der Waals surface area (Å²) in [5.74, 6) is -0.0825. The molecule has 1 amide bonds. The van der Waals surface area contributed by atoms with Crippen molar-refractivity contribution in [1.29, 1.82) is 0 Å². The fraction of sp³-hybridized carbons (Fsp3) is 0.143. The van der Waals surface area contributed by atoms with Gasteiger partial charge in [0.2, 0.25) is 0 Å². The fourth-order valence-electron chi connectivity index (χ4n) is 3.18. The molecule has 0 bridgehead atoms. The van der Waals surface area contributed by atoms with Crippen LogP contribution in [-0.2, 0) is 0 Å². The Hall–Kier alpha value is -3.14. The van der Waals surface area contributed by atoms with Crippen molar-refractivity contribution in [3.63, 3.8) is 0 Å². The van der Waals surface area contributed by atoms with Crippen LogP contribution in [0.25, 0.3) is 16.4 Å². The number of imidazole rings is 1. The number of anilines is 1. The zero-order chi connectivity index (χ0) is 17.4. The minimum absolute atomic E-state index is 0.0825. The molecule has 0 radical (unpaired) electrons. The third-order valence-electron chi connectivity index (χ3n) is 4.52. The zero-order valence-electron chi connectivity index (χ0n) is 14.3. The van der Waals surface area contributed by atoms with Gasteiger partial charge in [-0.2, -0.15) is 0 Å². The van der Waals surface area contributed by atoms with E-state index in [0.717, 1.165) is 27.8 Å². The summed E-state index contributed by atoms with van der Waals surface area (Å²) in [4.78, 5) is 19.3. The van der Waals surface area contributed by atoms with Gasteiger partial charge in [-0.05, 0) is 48.9 Å². The molecule has 4 rings (SSSR count). The Morgan fingerprint density at radius 3 is 2.60 bits per heavy atom. The molecule has 0 atom stereocenters. The SMILES string of the molecule is CCN(C(=O)c1cn2c(C)cccc2n1)c1ccc2ccccc2c1. The molecular weight excluding hydrogens is 310 g/mol. The van der Waals surface area contributed by atoms with E-state index in [1.807, 2.05) is 60.8 Å². The third kappa shape index (κ3) is 2.66. The molecule has 4 nitrogen and oxygen atoms in total. The lowest BCUT2D eigenvalue weighted by atomic mass is 10.1. The van der Waals surface area contributed by atoms with Crippen LogP contribution in [0.5, 0.6) is 0 Å². The minimum Gasteiger partial charge on any atom is -0.307 e. The third-order valence-corrected chi connectivity index (χ3v) is 4.52. The van der Waals surface area contributed by atoms with Crippen molar-refractivity contribution in [2.75, 3.05) is 11.4 Å². The maximum Gasteiger partial charge on any atom is 0.278 e. The summed E-state index contributed by atoms with van der Waals surface area (Å²) in [6.07, 6.45) is 1.82. The quantitative estimate of drug-likeness (QED) is 0.556. The molecule has 0 aliphatic heterocycles. The molecule has 124 valence electrons. The van der Waals surface area contributed by atoms with Gasteiger partial charge in [-0.15, -0.1) is 0 Å². The molecule has 0 unspecified atom stereocenters. The highest BCUT2D eigenvalue weighted by Crippen LogP contribution is 2.23. The summed E-state index contributed by atoms with van der Waals surface area (Å²) in [6.45, 7) is 4.57. The summed E-state index contributed by atoms with van der Waals surface area (Å²) >= 11 is 0. The predicted octanol–water partition coefficient (Wildman–Crippen LogP) is 4.46. The molecule has 0 spiro atoms. The minimum atomic E-state index is -0.0825. The Bertz CT molecular complexity index is 1080. The second-order valence-corrected chi connectivity index (χ2v) is 6.10. The molecule has 4 heteroatoms. The van der Waals surface area contributed by atoms with E-state index < -0.39 is 0 Å². The van der Waals surface area contributed by atoms with Crippen molar-refractivity contribution in [1.82, 2.24) is 9.38 Å². The number of aryl methyl sites for hydroxylation is 1. The van der Waals surface area contributed by atoms with Crippen molar-refractivity contribution in [2.24, 2.45) is 0 Å². The van der Waals surface area contributed by atoms with Crippen LogP contribution in [0, 0.1) is 6.92 Å². The topological polar surface area (TPSA) is 37.6 Å². The maximum atomic E-state index is 13.0. The first-order valence-corrected chi connectivity index (χ1v) is 8.43. The number of hydrogen-bond donors (Lipinski definition) is 0. The van der Waals surface area contributed by atoms with Gasteiger partial charge in [-0.3, -0.25) is 4.79 Å². The molecule has 0 saturated carbocycles. The summed E-state index contributed by atoms with van der Waals surface area (Å²) in [7, 11) is 0. The highest BCUT2D eigenvalue weighted by atomic mass is 16.2. The zero-order valence-corrected chi connectivity index (χ0v) is 14.3. The largest absolute Gasteiger partial charge is 0.307 e. The molecule has 0 aliphatic carbocycles. The van der Waals surface area contributed by atoms with Gasteiger partial charge in [0.25, 0.3) is 5.91 Å². The van der Waals surface area contributed by atoms with E-state index in [1.54, 1.807) is 4.90 Å². The lowest BCUT2D eigenvalue weighted by molar-refractivity contribution is 0.0984. The Morgan fingerprint density at radius 2 is 1.84 bits per heavy atom. The number of carbonyl (C=O) groups excluding carboxylic acids is 1. The highest BCUT2D eigenvalue weighted by molar-refractivity contribution is 6.06. The van der Waals surface area contributed by atoms with E-state index in [2.05, 4.69) is 29.2 Å². The van der Waals surface area contributed by atoms with Crippen LogP contribution < -0.4 is 4.90 Å². The average molecular weight is 329 g/mol. The smallest absolute Gasteiger partial charge is 0.278 e. The summed E-state index contributed by atoms with van der Waals surface area (Å²) in [5, 5.41) is 2.29. The van der Waals surface area contributed by atoms with E-state index in [0.29, 0.717) is 12.2 Å². The Labute approximate surface area is 146 Å². The normalized spacial score (nSPS) is 11.1. The molecule has 0 saturated heterocycles. The molecule has 0 N–H and O–H groups in total. The van der Waals surface area contributed by atoms with Gasteiger partial charge in [0.05, 0.1) is 0 Å². The van der Waals surface area contributed by atoms with Crippen LogP contribution in [0.4, 0.5) is 5.69 Å². The van der Waals surface area contributed by atoms with E-state index in [1.165, 1.54) is 0 Å². The number of nitrogens with zero attached hydrogens (tertiary/aromatic N) is 3. The van der Waals surface area contributed by atoms with Crippen molar-refractivity contribution in [2.45, 2.75) is 13.8 Å². The van der Waals surface area contributed by atoms with Crippen LogP contribution in [0.3, 0.4) is 0 Å². The number of rotatable bonds is 3. The number of fused-ring (bicyclic) bond motifs is 2. The van der Waals surface area contributed by atoms with Crippen LogP contribution in [-0.4, -0.2) is 21.8 Å². The van der Waals surface area contributed by atoms with Crippen LogP contribution in [0.1, 0.15) is 23.1 Å². The first-order valence-electron chi connectivity index (χ1n) is 8.43. The molecule has 2 aromatic carbocycles. The number of amides is 1. The van der Waals surface area contributed by atoms with Crippen LogP contribution >= 0.6 is 0 Å². The van der Waals surface area contributed by atoms with Crippen molar-refractivity contribution < 1.29 is 4.79 Å². The van der Waals surface area contributed by atoms with E-state index in [9.17, 15) is 4.79 Å². The first kappa shape index (κ1) is 15.4. The number of aromatic nitrogens is 2. The van der Waals surface area contributed by atoms with Gasteiger partial charge in [-0.25, -0.2) is 4.98 Å². The van der Waals surface area contributed by atoms with Gasteiger partial charge in [0.1, 0.15) is 11.3 Å². The number of carbonyl (C=O) groups is 1. The van der Waals surface area contributed by atoms with Crippen molar-refractivity contribution in [3.05, 3.63) is 78.2 Å². The van der Waals surface area contributed by atoms with E-state index >= 15 is 0 Å². The average Bonchev–Trinajstić information content (AvgIpc) is 3.08. The van der Waals surface area contributed by atoms with Gasteiger partial charge >= 0.3 is 0 Å². The molecule has 25 heavy (non-hydrogen) atoms. The molecule has 0 fully saturated rings.